The maximum Gasteiger partial charge on any atom is 0.272 e. The number of nitrogens with zero attached hydrogens (tertiary/aromatic N) is 1. The van der Waals surface area contributed by atoms with Gasteiger partial charge < -0.3 is 10.6 Å². The van der Waals surface area contributed by atoms with Gasteiger partial charge >= 0.3 is 0 Å². The zero-order valence-electron chi connectivity index (χ0n) is 20.2. The van der Waals surface area contributed by atoms with E-state index in [4.69, 9.17) is 0 Å². The average molecular weight is 508 g/mol. The molecule has 0 saturated carbocycles. The van der Waals surface area contributed by atoms with Crippen molar-refractivity contribution in [3.05, 3.63) is 131 Å². The van der Waals surface area contributed by atoms with E-state index >= 15 is 0 Å². The first-order valence-corrected chi connectivity index (χ1v) is 12.6. The van der Waals surface area contributed by atoms with E-state index in [-0.39, 0.29) is 17.2 Å². The van der Waals surface area contributed by atoms with Crippen LogP contribution in [0.1, 0.15) is 31.8 Å². The summed E-state index contributed by atoms with van der Waals surface area (Å²) in [6, 6.07) is 26.9. The molecule has 2 N–H and O–H groups in total. The molecule has 184 valence electrons. The monoisotopic (exact) mass is 507 g/mol. The van der Waals surface area contributed by atoms with Crippen LogP contribution in [-0.2, 0) is 4.79 Å². The molecular formula is C30H25N3O3S. The standard InChI is InChI=1S/C30H25N3O3S/c1-21-12-14-23(15-13-21)28(34)20-37-26-11-5-10-25(18-26)32-30(36)27(17-22-7-6-16-31-19-22)33-29(35)24-8-3-2-4-9-24/h2-19H,20H2,1H3,(H,32,36)(H,33,35)/b27-17-. The number of Topliss-reactive ketones (excluding diaryl/α,β-unsaturated/α-hetero) is 1. The molecule has 0 fully saturated rings. The molecule has 7 heteroatoms. The highest BCUT2D eigenvalue weighted by Gasteiger charge is 2.15. The van der Waals surface area contributed by atoms with Crippen molar-refractivity contribution in [2.75, 3.05) is 11.1 Å². The number of ketones is 1. The van der Waals surface area contributed by atoms with Gasteiger partial charge in [0.25, 0.3) is 11.8 Å². The number of anilines is 1. The summed E-state index contributed by atoms with van der Waals surface area (Å²) >= 11 is 1.39. The fourth-order valence-electron chi connectivity index (χ4n) is 3.40. The van der Waals surface area contributed by atoms with Gasteiger partial charge in [0.2, 0.25) is 0 Å². The van der Waals surface area contributed by atoms with Crippen LogP contribution in [0.15, 0.2) is 114 Å². The van der Waals surface area contributed by atoms with Gasteiger partial charge in [0.15, 0.2) is 5.78 Å². The van der Waals surface area contributed by atoms with Crippen molar-refractivity contribution < 1.29 is 14.4 Å². The number of carbonyl (C=O) groups is 3. The normalized spacial score (nSPS) is 11.0. The van der Waals surface area contributed by atoms with Crippen LogP contribution < -0.4 is 10.6 Å². The Morgan fingerprint density at radius 1 is 0.865 bits per heavy atom. The first-order chi connectivity index (χ1) is 18.0. The molecule has 1 aromatic heterocycles. The number of carbonyl (C=O) groups excluding carboxylic acids is 3. The Morgan fingerprint density at radius 2 is 1.65 bits per heavy atom. The maximum atomic E-state index is 13.2. The highest BCUT2D eigenvalue weighted by Crippen LogP contribution is 2.23. The van der Waals surface area contributed by atoms with Gasteiger partial charge in [0.05, 0.1) is 5.75 Å². The largest absolute Gasteiger partial charge is 0.321 e. The molecular weight excluding hydrogens is 482 g/mol. The minimum Gasteiger partial charge on any atom is -0.321 e. The third kappa shape index (κ3) is 7.49. The maximum absolute atomic E-state index is 13.2. The van der Waals surface area contributed by atoms with Crippen LogP contribution in [0.5, 0.6) is 0 Å². The lowest BCUT2D eigenvalue weighted by atomic mass is 10.1. The van der Waals surface area contributed by atoms with Crippen molar-refractivity contribution >= 4 is 41.1 Å². The number of hydrogen-bond acceptors (Lipinski definition) is 5. The van der Waals surface area contributed by atoms with Gasteiger partial charge in [0, 0.05) is 34.1 Å². The summed E-state index contributed by atoms with van der Waals surface area (Å²) in [4.78, 5) is 43.4. The SMILES string of the molecule is Cc1ccc(C(=O)CSc2cccc(NC(=O)/C(=C/c3cccnc3)NC(=O)c3ccccc3)c2)cc1. The first-order valence-electron chi connectivity index (χ1n) is 11.6. The highest BCUT2D eigenvalue weighted by atomic mass is 32.2. The van der Waals surface area contributed by atoms with Crippen molar-refractivity contribution in [3.63, 3.8) is 0 Å². The fraction of sp³-hybridized carbons (Fsp3) is 0.0667. The second-order valence-electron chi connectivity index (χ2n) is 8.22. The van der Waals surface area contributed by atoms with E-state index in [9.17, 15) is 14.4 Å². The number of rotatable bonds is 9. The van der Waals surface area contributed by atoms with Crippen LogP contribution in [0.3, 0.4) is 0 Å². The zero-order chi connectivity index (χ0) is 26.0. The summed E-state index contributed by atoms with van der Waals surface area (Å²) < 4.78 is 0. The molecule has 37 heavy (non-hydrogen) atoms. The molecule has 2 amide bonds. The average Bonchev–Trinajstić information content (AvgIpc) is 2.93. The number of hydrogen-bond donors (Lipinski definition) is 2. The Morgan fingerprint density at radius 3 is 2.38 bits per heavy atom. The van der Waals surface area contributed by atoms with Gasteiger partial charge in [-0.3, -0.25) is 19.4 Å². The molecule has 1 heterocycles. The van der Waals surface area contributed by atoms with E-state index in [0.29, 0.717) is 22.4 Å². The van der Waals surface area contributed by atoms with E-state index in [0.717, 1.165) is 10.5 Å². The summed E-state index contributed by atoms with van der Waals surface area (Å²) in [5.41, 5.74) is 3.49. The lowest BCUT2D eigenvalue weighted by Gasteiger charge is -2.12. The summed E-state index contributed by atoms with van der Waals surface area (Å²) in [5.74, 6) is -0.569. The van der Waals surface area contributed by atoms with Crippen molar-refractivity contribution in [1.29, 1.82) is 0 Å². The summed E-state index contributed by atoms with van der Waals surface area (Å²) in [7, 11) is 0. The quantitative estimate of drug-likeness (QED) is 0.170. The Kier molecular flexibility index (Phi) is 8.62. The van der Waals surface area contributed by atoms with Gasteiger partial charge in [0.1, 0.15) is 5.70 Å². The van der Waals surface area contributed by atoms with E-state index in [1.807, 2.05) is 43.3 Å². The molecule has 3 aromatic carbocycles. The van der Waals surface area contributed by atoms with Crippen molar-refractivity contribution in [2.45, 2.75) is 11.8 Å². The topological polar surface area (TPSA) is 88.2 Å². The van der Waals surface area contributed by atoms with Crippen LogP contribution >= 0.6 is 11.8 Å². The van der Waals surface area contributed by atoms with E-state index < -0.39 is 11.8 Å². The molecule has 0 unspecified atom stereocenters. The Labute approximate surface area is 219 Å². The molecule has 6 nitrogen and oxygen atoms in total. The number of nitrogens with one attached hydrogen (secondary N) is 2. The van der Waals surface area contributed by atoms with Crippen molar-refractivity contribution in [2.24, 2.45) is 0 Å². The fourth-order valence-corrected chi connectivity index (χ4v) is 4.25. The number of aromatic nitrogens is 1. The van der Waals surface area contributed by atoms with E-state index in [1.54, 1.807) is 73.1 Å². The predicted octanol–water partition coefficient (Wildman–Crippen LogP) is 5.77. The van der Waals surface area contributed by atoms with E-state index in [1.165, 1.54) is 11.8 Å². The molecule has 0 saturated heterocycles. The molecule has 0 aliphatic heterocycles. The van der Waals surface area contributed by atoms with Gasteiger partial charge in [-0.05, 0) is 55.0 Å². The number of benzene rings is 3. The van der Waals surface area contributed by atoms with Crippen LogP contribution in [0.25, 0.3) is 6.08 Å². The molecule has 0 bridgehead atoms. The van der Waals surface area contributed by atoms with Crippen LogP contribution in [0, 0.1) is 6.92 Å². The molecule has 0 aliphatic carbocycles. The van der Waals surface area contributed by atoms with Gasteiger partial charge in [-0.2, -0.15) is 0 Å². The predicted molar refractivity (Wildman–Crippen MR) is 147 cm³/mol. The second-order valence-corrected chi connectivity index (χ2v) is 9.27. The van der Waals surface area contributed by atoms with Crippen LogP contribution in [0.2, 0.25) is 0 Å². The molecule has 0 aliphatic rings. The van der Waals surface area contributed by atoms with Crippen molar-refractivity contribution in [3.8, 4) is 0 Å². The summed E-state index contributed by atoms with van der Waals surface area (Å²) in [5, 5.41) is 5.56. The second kappa shape index (κ2) is 12.5. The van der Waals surface area contributed by atoms with Gasteiger partial charge in [-0.15, -0.1) is 11.8 Å². The van der Waals surface area contributed by atoms with Crippen LogP contribution in [-0.4, -0.2) is 28.3 Å². The number of pyridine rings is 1. The van der Waals surface area contributed by atoms with Gasteiger partial charge in [-0.25, -0.2) is 0 Å². The Hall–Kier alpha value is -4.49. The third-order valence-electron chi connectivity index (χ3n) is 5.36. The number of thioether (sulfide) groups is 1. The van der Waals surface area contributed by atoms with Crippen LogP contribution in [0.4, 0.5) is 5.69 Å². The van der Waals surface area contributed by atoms with Gasteiger partial charge in [-0.1, -0.05) is 60.2 Å². The van der Waals surface area contributed by atoms with Crippen molar-refractivity contribution in [1.82, 2.24) is 10.3 Å². The molecule has 4 aromatic rings. The Balaban J connectivity index is 1.46. The summed E-state index contributed by atoms with van der Waals surface area (Å²) in [6.07, 6.45) is 4.80. The molecule has 4 rings (SSSR count). The smallest absolute Gasteiger partial charge is 0.272 e. The summed E-state index contributed by atoms with van der Waals surface area (Å²) in [6.45, 7) is 1.98. The minimum atomic E-state index is -0.481. The number of aryl methyl sites for hydroxylation is 1. The number of amides is 2. The Bertz CT molecular complexity index is 1420. The molecule has 0 atom stereocenters. The first kappa shape index (κ1) is 25.6. The minimum absolute atomic E-state index is 0.0322. The lowest BCUT2D eigenvalue weighted by molar-refractivity contribution is -0.113. The highest BCUT2D eigenvalue weighted by molar-refractivity contribution is 8.00. The zero-order valence-corrected chi connectivity index (χ0v) is 21.0. The third-order valence-corrected chi connectivity index (χ3v) is 6.35. The molecule has 0 radical (unpaired) electrons. The lowest BCUT2D eigenvalue weighted by Crippen LogP contribution is -2.30. The molecule has 0 spiro atoms. The van der Waals surface area contributed by atoms with E-state index in [2.05, 4.69) is 15.6 Å².